The molecule has 38 heavy (non-hydrogen) atoms. The summed E-state index contributed by atoms with van der Waals surface area (Å²) < 4.78 is 16.1. The summed E-state index contributed by atoms with van der Waals surface area (Å²) in [6.45, 7) is 2.28. The molecule has 9 nitrogen and oxygen atoms in total. The fraction of sp³-hybridized carbons (Fsp3) is 0.214. The van der Waals surface area contributed by atoms with Crippen molar-refractivity contribution in [3.63, 3.8) is 0 Å². The van der Waals surface area contributed by atoms with Crippen molar-refractivity contribution in [1.82, 2.24) is 15.1 Å². The first-order chi connectivity index (χ1) is 18.5. The number of amides is 2. The zero-order valence-corrected chi connectivity index (χ0v) is 21.7. The highest BCUT2D eigenvalue weighted by Crippen LogP contribution is 2.34. The van der Waals surface area contributed by atoms with Gasteiger partial charge >= 0.3 is 0 Å². The summed E-state index contributed by atoms with van der Waals surface area (Å²) in [7, 11) is 1.60. The van der Waals surface area contributed by atoms with Gasteiger partial charge in [-0.05, 0) is 42.8 Å². The van der Waals surface area contributed by atoms with Crippen molar-refractivity contribution in [3.05, 3.63) is 83.9 Å². The molecule has 1 unspecified atom stereocenters. The van der Waals surface area contributed by atoms with Crippen LogP contribution >= 0.6 is 11.3 Å². The van der Waals surface area contributed by atoms with Gasteiger partial charge in [-0.2, -0.15) is 0 Å². The average molecular weight is 531 g/mol. The van der Waals surface area contributed by atoms with Crippen LogP contribution in [0.4, 0.5) is 5.13 Å². The van der Waals surface area contributed by atoms with Crippen LogP contribution in [0.5, 0.6) is 17.2 Å². The Labute approximate surface area is 224 Å². The van der Waals surface area contributed by atoms with Crippen molar-refractivity contribution in [2.75, 3.05) is 25.8 Å². The average Bonchev–Trinajstić information content (AvgIpc) is 3.62. The summed E-state index contributed by atoms with van der Waals surface area (Å²) >= 11 is 1.27. The largest absolute Gasteiger partial charge is 0.497 e. The van der Waals surface area contributed by atoms with E-state index in [-0.39, 0.29) is 37.6 Å². The molecule has 4 aromatic rings. The van der Waals surface area contributed by atoms with Crippen LogP contribution in [0.1, 0.15) is 35.3 Å². The topological polar surface area (TPSA) is 103 Å². The van der Waals surface area contributed by atoms with Crippen LogP contribution in [0.2, 0.25) is 0 Å². The SMILES string of the molecule is COc1cccc(-c2nnc(NC(=O)CCN(C(=O)c3ccc4c(c3)OCO4)C(C)c3ccccc3)s2)c1. The summed E-state index contributed by atoms with van der Waals surface area (Å²) in [5.41, 5.74) is 2.28. The van der Waals surface area contributed by atoms with Crippen LogP contribution in [0, 0.1) is 0 Å². The molecule has 0 bridgehead atoms. The normalized spacial score (nSPS) is 12.6. The summed E-state index contributed by atoms with van der Waals surface area (Å²) in [6, 6.07) is 22.0. The van der Waals surface area contributed by atoms with Crippen LogP contribution in [-0.2, 0) is 4.79 Å². The van der Waals surface area contributed by atoms with E-state index in [0.717, 1.165) is 11.1 Å². The molecule has 1 aromatic heterocycles. The molecule has 0 saturated carbocycles. The number of carbonyl (C=O) groups is 2. The summed E-state index contributed by atoms with van der Waals surface area (Å²) in [6.07, 6.45) is 0.0849. The highest BCUT2D eigenvalue weighted by atomic mass is 32.1. The number of nitrogens with one attached hydrogen (secondary N) is 1. The van der Waals surface area contributed by atoms with E-state index >= 15 is 0 Å². The van der Waals surface area contributed by atoms with Crippen LogP contribution in [0.3, 0.4) is 0 Å². The van der Waals surface area contributed by atoms with E-state index in [1.165, 1.54) is 11.3 Å². The number of aromatic nitrogens is 2. The number of methoxy groups -OCH3 is 1. The molecule has 0 spiro atoms. The lowest BCUT2D eigenvalue weighted by Crippen LogP contribution is -2.36. The van der Waals surface area contributed by atoms with E-state index in [2.05, 4.69) is 15.5 Å². The maximum absolute atomic E-state index is 13.6. The predicted octanol–water partition coefficient (Wildman–Crippen LogP) is 5.17. The predicted molar refractivity (Wildman–Crippen MR) is 144 cm³/mol. The monoisotopic (exact) mass is 530 g/mol. The van der Waals surface area contributed by atoms with Gasteiger partial charge in [-0.3, -0.25) is 9.59 Å². The Kier molecular flexibility index (Phi) is 7.50. The molecule has 0 fully saturated rings. The summed E-state index contributed by atoms with van der Waals surface area (Å²) in [4.78, 5) is 28.2. The molecule has 3 aromatic carbocycles. The molecular weight excluding hydrogens is 504 g/mol. The molecular formula is C28H26N4O5S. The van der Waals surface area contributed by atoms with Crippen molar-refractivity contribution in [3.8, 4) is 27.8 Å². The number of hydrogen-bond donors (Lipinski definition) is 1. The Morgan fingerprint density at radius 1 is 1.03 bits per heavy atom. The second-order valence-electron chi connectivity index (χ2n) is 8.60. The highest BCUT2D eigenvalue weighted by molar-refractivity contribution is 7.18. The third-order valence-electron chi connectivity index (χ3n) is 6.20. The first-order valence-corrected chi connectivity index (χ1v) is 12.9. The molecule has 1 aliphatic rings. The zero-order chi connectivity index (χ0) is 26.5. The molecule has 194 valence electrons. The molecule has 2 amide bonds. The molecule has 0 aliphatic carbocycles. The summed E-state index contributed by atoms with van der Waals surface area (Å²) in [5.74, 6) is 1.38. The van der Waals surface area contributed by atoms with E-state index in [1.54, 1.807) is 30.2 Å². The summed E-state index contributed by atoms with van der Waals surface area (Å²) in [5, 5.41) is 12.1. The fourth-order valence-corrected chi connectivity index (χ4v) is 4.88. The lowest BCUT2D eigenvalue weighted by Gasteiger charge is -2.29. The van der Waals surface area contributed by atoms with Gasteiger partial charge in [0.05, 0.1) is 13.2 Å². The first-order valence-electron chi connectivity index (χ1n) is 12.0. The highest BCUT2D eigenvalue weighted by Gasteiger charge is 2.25. The maximum Gasteiger partial charge on any atom is 0.254 e. The quantitative estimate of drug-likeness (QED) is 0.318. The van der Waals surface area contributed by atoms with Gasteiger partial charge in [0.2, 0.25) is 17.8 Å². The Morgan fingerprint density at radius 3 is 2.66 bits per heavy atom. The van der Waals surface area contributed by atoms with Crippen LogP contribution < -0.4 is 19.5 Å². The molecule has 1 N–H and O–H groups in total. The van der Waals surface area contributed by atoms with Crippen LogP contribution in [0.25, 0.3) is 10.6 Å². The minimum absolute atomic E-state index is 0.0849. The zero-order valence-electron chi connectivity index (χ0n) is 20.9. The van der Waals surface area contributed by atoms with Crippen molar-refractivity contribution < 1.29 is 23.8 Å². The second-order valence-corrected chi connectivity index (χ2v) is 9.57. The number of rotatable bonds is 9. The number of ether oxygens (including phenoxy) is 3. The van der Waals surface area contributed by atoms with Gasteiger partial charge in [0.15, 0.2) is 11.5 Å². The Bertz CT molecular complexity index is 1440. The van der Waals surface area contributed by atoms with Crippen molar-refractivity contribution >= 4 is 28.3 Å². The van der Waals surface area contributed by atoms with E-state index in [9.17, 15) is 9.59 Å². The number of anilines is 1. The number of hydrogen-bond acceptors (Lipinski definition) is 8. The van der Waals surface area contributed by atoms with Gasteiger partial charge in [-0.25, -0.2) is 0 Å². The lowest BCUT2D eigenvalue weighted by atomic mass is 10.0. The van der Waals surface area contributed by atoms with Crippen molar-refractivity contribution in [2.24, 2.45) is 0 Å². The second kappa shape index (κ2) is 11.3. The third-order valence-corrected chi connectivity index (χ3v) is 7.09. The molecule has 10 heteroatoms. The van der Waals surface area contributed by atoms with Gasteiger partial charge in [0.25, 0.3) is 5.91 Å². The molecule has 5 rings (SSSR count). The van der Waals surface area contributed by atoms with Crippen molar-refractivity contribution in [1.29, 1.82) is 0 Å². The van der Waals surface area contributed by atoms with E-state index in [4.69, 9.17) is 14.2 Å². The number of nitrogens with zero attached hydrogens (tertiary/aromatic N) is 3. The third kappa shape index (κ3) is 5.60. The van der Waals surface area contributed by atoms with E-state index in [0.29, 0.717) is 33.0 Å². The lowest BCUT2D eigenvalue weighted by molar-refractivity contribution is -0.116. The number of carbonyl (C=O) groups excluding carboxylic acids is 2. The van der Waals surface area contributed by atoms with Gasteiger partial charge in [0.1, 0.15) is 10.8 Å². The number of fused-ring (bicyclic) bond motifs is 1. The first kappa shape index (κ1) is 25.2. The molecule has 0 radical (unpaired) electrons. The molecule has 1 atom stereocenters. The maximum atomic E-state index is 13.6. The van der Waals surface area contributed by atoms with Crippen LogP contribution in [0.15, 0.2) is 72.8 Å². The molecule has 0 saturated heterocycles. The van der Waals surface area contributed by atoms with Gasteiger partial charge in [0, 0.05) is 24.1 Å². The van der Waals surface area contributed by atoms with E-state index in [1.807, 2.05) is 61.5 Å². The van der Waals surface area contributed by atoms with E-state index < -0.39 is 0 Å². The Morgan fingerprint density at radius 2 is 1.84 bits per heavy atom. The van der Waals surface area contributed by atoms with Gasteiger partial charge in [-0.1, -0.05) is 53.8 Å². The van der Waals surface area contributed by atoms with Crippen LogP contribution in [-0.4, -0.2) is 47.4 Å². The van der Waals surface area contributed by atoms with Gasteiger partial charge < -0.3 is 24.4 Å². The van der Waals surface area contributed by atoms with Crippen molar-refractivity contribution in [2.45, 2.75) is 19.4 Å². The number of benzene rings is 3. The Hall–Kier alpha value is -4.44. The fourth-order valence-electron chi connectivity index (χ4n) is 4.13. The smallest absolute Gasteiger partial charge is 0.254 e. The standard InChI is InChI=1S/C28H26N4O5S/c1-18(19-7-4-3-5-8-19)32(27(34)21-11-12-23-24(16-21)37-17-36-23)14-13-25(33)29-28-31-30-26(38-28)20-9-6-10-22(15-20)35-2/h3-12,15-16,18H,13-14,17H2,1-2H3,(H,29,31,33). The Balaban J connectivity index is 1.29. The molecule has 2 heterocycles. The van der Waals surface area contributed by atoms with Gasteiger partial charge in [-0.15, -0.1) is 10.2 Å². The molecule has 1 aliphatic heterocycles. The minimum Gasteiger partial charge on any atom is -0.497 e. The minimum atomic E-state index is -0.262.